The molecule has 0 amide bonds. The third-order valence-corrected chi connectivity index (χ3v) is 2.62. The van der Waals surface area contributed by atoms with Crippen LogP contribution in [-0.2, 0) is 6.18 Å². The second kappa shape index (κ2) is 6.57. The number of nitrogens with zero attached hydrogens (tertiary/aromatic N) is 1. The van der Waals surface area contributed by atoms with E-state index in [1.807, 2.05) is 13.8 Å². The molecule has 0 saturated carbocycles. The maximum Gasteiger partial charge on any atom is 0.417 e. The summed E-state index contributed by atoms with van der Waals surface area (Å²) < 4.78 is 38.3. The molecule has 0 aromatic heterocycles. The van der Waals surface area contributed by atoms with Gasteiger partial charge in [0.15, 0.2) is 5.11 Å². The van der Waals surface area contributed by atoms with Crippen molar-refractivity contribution in [3.05, 3.63) is 29.3 Å². The highest BCUT2D eigenvalue weighted by Gasteiger charge is 2.33. The molecule has 0 aliphatic heterocycles. The van der Waals surface area contributed by atoms with Crippen molar-refractivity contribution in [1.29, 1.82) is 5.26 Å². The van der Waals surface area contributed by atoms with E-state index in [0.717, 1.165) is 12.1 Å². The van der Waals surface area contributed by atoms with Gasteiger partial charge in [-0.1, -0.05) is 13.8 Å². The zero-order chi connectivity index (χ0) is 15.3. The van der Waals surface area contributed by atoms with E-state index in [0.29, 0.717) is 12.5 Å². The highest BCUT2D eigenvalue weighted by atomic mass is 32.1. The Hall–Kier alpha value is -1.81. The van der Waals surface area contributed by atoms with Crippen molar-refractivity contribution in [2.45, 2.75) is 20.0 Å². The number of rotatable bonds is 3. The first kappa shape index (κ1) is 16.2. The molecule has 2 N–H and O–H groups in total. The molecule has 1 aromatic carbocycles. The number of hydrogen-bond acceptors (Lipinski definition) is 2. The van der Waals surface area contributed by atoms with Crippen molar-refractivity contribution >= 4 is 23.0 Å². The maximum absolute atomic E-state index is 12.8. The Labute approximate surface area is 120 Å². The van der Waals surface area contributed by atoms with Crippen molar-refractivity contribution in [2.75, 3.05) is 11.9 Å². The molecule has 0 radical (unpaired) electrons. The Balaban J connectivity index is 2.88. The van der Waals surface area contributed by atoms with Crippen molar-refractivity contribution < 1.29 is 13.2 Å². The number of thiocarbonyl (C=S) groups is 1. The highest BCUT2D eigenvalue weighted by molar-refractivity contribution is 7.80. The molecule has 0 aliphatic carbocycles. The average molecular weight is 301 g/mol. The first-order valence-corrected chi connectivity index (χ1v) is 6.31. The Morgan fingerprint density at radius 3 is 2.55 bits per heavy atom. The zero-order valence-electron chi connectivity index (χ0n) is 11.0. The fourth-order valence-electron chi connectivity index (χ4n) is 1.43. The highest BCUT2D eigenvalue weighted by Crippen LogP contribution is 2.33. The molecule has 20 heavy (non-hydrogen) atoms. The van der Waals surface area contributed by atoms with Crippen LogP contribution in [0, 0.1) is 17.2 Å². The summed E-state index contributed by atoms with van der Waals surface area (Å²) in [7, 11) is 0. The van der Waals surface area contributed by atoms with Gasteiger partial charge in [0.05, 0.1) is 17.2 Å². The molecule has 0 bridgehead atoms. The normalized spacial score (nSPS) is 11.1. The molecular formula is C13H14F3N3S. The predicted molar refractivity (Wildman–Crippen MR) is 75.2 cm³/mol. The van der Waals surface area contributed by atoms with Crippen LogP contribution in [0.5, 0.6) is 0 Å². The molecule has 1 rings (SSSR count). The summed E-state index contributed by atoms with van der Waals surface area (Å²) in [5.74, 6) is 0.362. The van der Waals surface area contributed by atoms with E-state index < -0.39 is 17.3 Å². The molecule has 7 heteroatoms. The van der Waals surface area contributed by atoms with Gasteiger partial charge in [-0.05, 0) is 36.3 Å². The molecule has 108 valence electrons. The summed E-state index contributed by atoms with van der Waals surface area (Å²) in [5, 5.41) is 14.5. The molecule has 0 unspecified atom stereocenters. The third-order valence-electron chi connectivity index (χ3n) is 2.37. The third kappa shape index (κ3) is 4.70. The Kier molecular flexibility index (Phi) is 5.34. The van der Waals surface area contributed by atoms with Crippen LogP contribution in [0.4, 0.5) is 18.9 Å². The lowest BCUT2D eigenvalue weighted by Crippen LogP contribution is -2.31. The van der Waals surface area contributed by atoms with Gasteiger partial charge in [-0.3, -0.25) is 0 Å². The number of benzene rings is 1. The van der Waals surface area contributed by atoms with Gasteiger partial charge in [0.2, 0.25) is 0 Å². The summed E-state index contributed by atoms with van der Waals surface area (Å²) in [6, 6.07) is 4.91. The largest absolute Gasteiger partial charge is 0.417 e. The summed E-state index contributed by atoms with van der Waals surface area (Å²) in [6.45, 7) is 4.59. The lowest BCUT2D eigenvalue weighted by Gasteiger charge is -2.14. The summed E-state index contributed by atoms with van der Waals surface area (Å²) in [6.07, 6.45) is -4.57. The smallest absolute Gasteiger partial charge is 0.362 e. The summed E-state index contributed by atoms with van der Waals surface area (Å²) in [5.41, 5.74) is -1.20. The minimum absolute atomic E-state index is 0.192. The Morgan fingerprint density at radius 2 is 2.05 bits per heavy atom. The van der Waals surface area contributed by atoms with Crippen LogP contribution >= 0.6 is 12.2 Å². The molecule has 1 aromatic rings. The quantitative estimate of drug-likeness (QED) is 0.839. The van der Waals surface area contributed by atoms with E-state index in [2.05, 4.69) is 10.6 Å². The van der Waals surface area contributed by atoms with Gasteiger partial charge < -0.3 is 10.6 Å². The molecule has 0 atom stereocenters. The van der Waals surface area contributed by atoms with Crippen molar-refractivity contribution in [2.24, 2.45) is 5.92 Å². The van der Waals surface area contributed by atoms with Crippen LogP contribution < -0.4 is 10.6 Å². The van der Waals surface area contributed by atoms with Gasteiger partial charge in [-0.15, -0.1) is 0 Å². The SMILES string of the molecule is CC(C)CNC(=S)Nc1ccc(C#N)c(C(F)(F)F)c1. The van der Waals surface area contributed by atoms with Crippen LogP contribution in [0.1, 0.15) is 25.0 Å². The summed E-state index contributed by atoms with van der Waals surface area (Å²) >= 11 is 4.98. The topological polar surface area (TPSA) is 47.8 Å². The minimum Gasteiger partial charge on any atom is -0.362 e. The molecule has 0 spiro atoms. The number of anilines is 1. The average Bonchev–Trinajstić information content (AvgIpc) is 2.35. The second-order valence-corrected chi connectivity index (χ2v) is 5.01. The van der Waals surface area contributed by atoms with E-state index >= 15 is 0 Å². The van der Waals surface area contributed by atoms with E-state index in [4.69, 9.17) is 17.5 Å². The van der Waals surface area contributed by atoms with E-state index in [1.54, 1.807) is 0 Å². The van der Waals surface area contributed by atoms with Gasteiger partial charge in [-0.25, -0.2) is 0 Å². The maximum atomic E-state index is 12.8. The van der Waals surface area contributed by atoms with Crippen LogP contribution in [0.2, 0.25) is 0 Å². The van der Waals surface area contributed by atoms with Crippen molar-refractivity contribution in [3.8, 4) is 6.07 Å². The van der Waals surface area contributed by atoms with E-state index in [9.17, 15) is 13.2 Å². The van der Waals surface area contributed by atoms with E-state index in [1.165, 1.54) is 12.1 Å². The number of alkyl halides is 3. The lowest BCUT2D eigenvalue weighted by molar-refractivity contribution is -0.137. The van der Waals surface area contributed by atoms with Gasteiger partial charge >= 0.3 is 6.18 Å². The molecule has 0 heterocycles. The van der Waals surface area contributed by atoms with Crippen molar-refractivity contribution in [1.82, 2.24) is 5.32 Å². The lowest BCUT2D eigenvalue weighted by atomic mass is 10.1. The standard InChI is InChI=1S/C13H14F3N3S/c1-8(2)7-18-12(20)19-10-4-3-9(6-17)11(5-10)13(14,15)16/h3-5,8H,7H2,1-2H3,(H2,18,19,20). The van der Waals surface area contributed by atoms with Crippen LogP contribution in [0.15, 0.2) is 18.2 Å². The Morgan fingerprint density at radius 1 is 1.40 bits per heavy atom. The molecule has 3 nitrogen and oxygen atoms in total. The summed E-state index contributed by atoms with van der Waals surface area (Å²) in [4.78, 5) is 0. The van der Waals surface area contributed by atoms with Crippen LogP contribution in [0.25, 0.3) is 0 Å². The zero-order valence-corrected chi connectivity index (χ0v) is 11.8. The van der Waals surface area contributed by atoms with Crippen molar-refractivity contribution in [3.63, 3.8) is 0 Å². The number of nitriles is 1. The molecule has 0 fully saturated rings. The molecule has 0 aliphatic rings. The van der Waals surface area contributed by atoms with Gasteiger partial charge in [-0.2, -0.15) is 18.4 Å². The minimum atomic E-state index is -4.57. The monoisotopic (exact) mass is 301 g/mol. The van der Waals surface area contributed by atoms with Gasteiger partial charge in [0.1, 0.15) is 0 Å². The van der Waals surface area contributed by atoms with Gasteiger partial charge in [0, 0.05) is 12.2 Å². The van der Waals surface area contributed by atoms with E-state index in [-0.39, 0.29) is 10.8 Å². The fraction of sp³-hybridized carbons (Fsp3) is 0.385. The first-order valence-electron chi connectivity index (χ1n) is 5.90. The second-order valence-electron chi connectivity index (χ2n) is 4.60. The molecule has 0 saturated heterocycles. The van der Waals surface area contributed by atoms with Crippen LogP contribution in [-0.4, -0.2) is 11.7 Å². The molecular weight excluding hydrogens is 287 g/mol. The predicted octanol–water partition coefficient (Wildman–Crippen LogP) is 3.52. The first-order chi connectivity index (χ1) is 9.24. The fourth-order valence-corrected chi connectivity index (χ4v) is 1.63. The van der Waals surface area contributed by atoms with Crippen LogP contribution in [0.3, 0.4) is 0 Å². The number of hydrogen-bond donors (Lipinski definition) is 2. The number of halogens is 3. The Bertz CT molecular complexity index is 533. The van der Waals surface area contributed by atoms with Gasteiger partial charge in [0.25, 0.3) is 0 Å². The number of nitrogens with one attached hydrogen (secondary N) is 2.